The number of carbonyl (C=O) groups is 1. The standard InChI is InChI=1S/C13H13F3N6O4S/c1-2-27(25,26)20-22-11(23)7-3-10(21-5-17-18-6-21)8(13(14,15)16)4-9(7)19-12(22)24/h3-6,12,19-20,24H,2H2,1H3. The number of sulfonamides is 1. The Morgan fingerprint density at radius 3 is 2.48 bits per heavy atom. The molecule has 1 aliphatic rings. The van der Waals surface area contributed by atoms with E-state index in [2.05, 4.69) is 15.5 Å². The normalized spacial score (nSPS) is 17.6. The molecule has 14 heteroatoms. The first kappa shape index (κ1) is 19.1. The highest BCUT2D eigenvalue weighted by molar-refractivity contribution is 7.89. The molecule has 0 saturated carbocycles. The lowest BCUT2D eigenvalue weighted by Crippen LogP contribution is -2.57. The molecule has 0 spiro atoms. The molecule has 3 N–H and O–H groups in total. The number of rotatable bonds is 4. The Morgan fingerprint density at radius 1 is 1.30 bits per heavy atom. The summed E-state index contributed by atoms with van der Waals surface area (Å²) in [7, 11) is -3.92. The first-order valence-electron chi connectivity index (χ1n) is 7.42. The van der Waals surface area contributed by atoms with Gasteiger partial charge < -0.3 is 10.4 Å². The van der Waals surface area contributed by atoms with Gasteiger partial charge in [-0.1, -0.05) is 0 Å². The topological polar surface area (TPSA) is 129 Å². The van der Waals surface area contributed by atoms with Crippen molar-refractivity contribution in [2.24, 2.45) is 0 Å². The third kappa shape index (κ3) is 3.58. The van der Waals surface area contributed by atoms with E-state index in [4.69, 9.17) is 0 Å². The number of anilines is 1. The molecular formula is C13H13F3N6O4S. The first-order chi connectivity index (χ1) is 12.5. The van der Waals surface area contributed by atoms with Gasteiger partial charge in [-0.2, -0.15) is 13.2 Å². The summed E-state index contributed by atoms with van der Waals surface area (Å²) >= 11 is 0. The van der Waals surface area contributed by atoms with Crippen LogP contribution in [-0.4, -0.2) is 51.3 Å². The van der Waals surface area contributed by atoms with Gasteiger partial charge in [-0.25, -0.2) is 13.4 Å². The first-order valence-corrected chi connectivity index (χ1v) is 9.07. The molecular weight excluding hydrogens is 393 g/mol. The van der Waals surface area contributed by atoms with E-state index in [0.717, 1.165) is 23.3 Å². The third-order valence-corrected chi connectivity index (χ3v) is 4.97. The van der Waals surface area contributed by atoms with Gasteiger partial charge in [0.05, 0.1) is 28.3 Å². The zero-order valence-corrected chi connectivity index (χ0v) is 14.4. The zero-order chi connectivity index (χ0) is 20.0. The van der Waals surface area contributed by atoms with Crippen LogP contribution < -0.4 is 10.1 Å². The zero-order valence-electron chi connectivity index (χ0n) is 13.6. The van der Waals surface area contributed by atoms with E-state index in [0.29, 0.717) is 11.1 Å². The summed E-state index contributed by atoms with van der Waals surface area (Å²) in [5, 5.41) is 19.5. The van der Waals surface area contributed by atoms with Crippen molar-refractivity contribution in [2.75, 3.05) is 11.1 Å². The van der Waals surface area contributed by atoms with Crippen molar-refractivity contribution >= 4 is 21.6 Å². The minimum atomic E-state index is -4.77. The van der Waals surface area contributed by atoms with Crippen LogP contribution in [-0.2, 0) is 16.2 Å². The number of amides is 1. The number of halogens is 3. The molecule has 2 heterocycles. The minimum Gasteiger partial charge on any atom is -0.355 e. The van der Waals surface area contributed by atoms with Crippen molar-refractivity contribution in [3.63, 3.8) is 0 Å². The third-order valence-electron chi connectivity index (χ3n) is 3.73. The fourth-order valence-corrected chi connectivity index (χ4v) is 3.01. The van der Waals surface area contributed by atoms with Gasteiger partial charge in [-0.05, 0) is 19.1 Å². The molecule has 2 aromatic rings. The Hall–Kier alpha value is -2.71. The molecule has 0 fully saturated rings. The van der Waals surface area contributed by atoms with Gasteiger partial charge in [-0.3, -0.25) is 9.36 Å². The second-order valence-corrected chi connectivity index (χ2v) is 7.46. The number of aliphatic hydroxyl groups excluding tert-OH is 1. The summed E-state index contributed by atoms with van der Waals surface area (Å²) in [5.74, 6) is -1.41. The number of carbonyl (C=O) groups excluding carboxylic acids is 1. The van der Waals surface area contributed by atoms with Crippen molar-refractivity contribution in [3.05, 3.63) is 35.9 Å². The molecule has 10 nitrogen and oxygen atoms in total. The van der Waals surface area contributed by atoms with Crippen LogP contribution in [0.25, 0.3) is 5.69 Å². The Balaban J connectivity index is 2.13. The van der Waals surface area contributed by atoms with E-state index in [1.165, 1.54) is 6.92 Å². The molecule has 0 radical (unpaired) electrons. The van der Waals surface area contributed by atoms with Gasteiger partial charge in [-0.15, -0.1) is 15.0 Å². The van der Waals surface area contributed by atoms with Crippen molar-refractivity contribution in [1.29, 1.82) is 0 Å². The van der Waals surface area contributed by atoms with Gasteiger partial charge in [0.2, 0.25) is 16.4 Å². The number of hydrogen-bond acceptors (Lipinski definition) is 7. The predicted octanol–water partition coefficient (Wildman–Crippen LogP) is 0.284. The van der Waals surface area contributed by atoms with Gasteiger partial charge in [0, 0.05) is 0 Å². The molecule has 1 amide bonds. The molecule has 3 rings (SSSR count). The Bertz CT molecular complexity index is 977. The number of aliphatic hydroxyl groups is 1. The van der Waals surface area contributed by atoms with Crippen LogP contribution in [0.4, 0.5) is 18.9 Å². The largest absolute Gasteiger partial charge is 0.418 e. The van der Waals surface area contributed by atoms with Crippen LogP contribution in [0.2, 0.25) is 0 Å². The number of nitrogens with one attached hydrogen (secondary N) is 2. The fourth-order valence-electron chi connectivity index (χ4n) is 2.40. The van der Waals surface area contributed by atoms with Crippen LogP contribution in [0, 0.1) is 0 Å². The summed E-state index contributed by atoms with van der Waals surface area (Å²) < 4.78 is 64.6. The quantitative estimate of drug-likeness (QED) is 0.665. The van der Waals surface area contributed by atoms with Gasteiger partial charge in [0.1, 0.15) is 12.7 Å². The summed E-state index contributed by atoms with van der Waals surface area (Å²) in [6, 6.07) is 1.56. The van der Waals surface area contributed by atoms with Gasteiger partial charge in [0.25, 0.3) is 5.91 Å². The van der Waals surface area contributed by atoms with Gasteiger partial charge >= 0.3 is 6.18 Å². The van der Waals surface area contributed by atoms with Crippen LogP contribution in [0.3, 0.4) is 0 Å². The van der Waals surface area contributed by atoms with Crippen LogP contribution >= 0.6 is 0 Å². The lowest BCUT2D eigenvalue weighted by molar-refractivity contribution is -0.137. The number of fused-ring (bicyclic) bond motifs is 1. The molecule has 1 aromatic heterocycles. The molecule has 0 bridgehead atoms. The minimum absolute atomic E-state index is 0.282. The number of hydrazine groups is 1. The lowest BCUT2D eigenvalue weighted by Gasteiger charge is -2.34. The highest BCUT2D eigenvalue weighted by atomic mass is 32.2. The molecule has 0 aliphatic carbocycles. The van der Waals surface area contributed by atoms with Crippen LogP contribution in [0.1, 0.15) is 22.8 Å². The average molecular weight is 406 g/mol. The average Bonchev–Trinajstić information content (AvgIpc) is 3.11. The number of nitrogens with zero attached hydrogens (tertiary/aromatic N) is 4. The maximum absolute atomic E-state index is 13.4. The maximum Gasteiger partial charge on any atom is 0.418 e. The number of alkyl halides is 3. The van der Waals surface area contributed by atoms with Crippen molar-refractivity contribution in [3.8, 4) is 5.69 Å². The summed E-state index contributed by atoms with van der Waals surface area (Å²) in [4.78, 5) is 14.5. The molecule has 1 aromatic carbocycles. The number of aromatic nitrogens is 3. The summed E-state index contributed by atoms with van der Waals surface area (Å²) in [6.45, 7) is 1.31. The smallest absolute Gasteiger partial charge is 0.355 e. The predicted molar refractivity (Wildman–Crippen MR) is 84.8 cm³/mol. The molecule has 27 heavy (non-hydrogen) atoms. The lowest BCUT2D eigenvalue weighted by atomic mass is 10.0. The Labute approximate surface area is 150 Å². The van der Waals surface area contributed by atoms with Crippen molar-refractivity contribution in [2.45, 2.75) is 19.5 Å². The van der Waals surface area contributed by atoms with E-state index < -0.39 is 39.7 Å². The van der Waals surface area contributed by atoms with E-state index in [-0.39, 0.29) is 17.0 Å². The monoisotopic (exact) mass is 406 g/mol. The second kappa shape index (κ2) is 6.47. The number of hydrogen-bond donors (Lipinski definition) is 3. The van der Waals surface area contributed by atoms with Crippen molar-refractivity contribution in [1.82, 2.24) is 24.6 Å². The fraction of sp³-hybridized carbons (Fsp3) is 0.308. The Morgan fingerprint density at radius 2 is 1.93 bits per heavy atom. The maximum atomic E-state index is 13.4. The number of benzene rings is 1. The SMILES string of the molecule is CCS(=O)(=O)NN1C(=O)c2cc(-n3cnnc3)c(C(F)(F)F)cc2NC1O. The second-order valence-electron chi connectivity index (χ2n) is 5.47. The molecule has 1 aliphatic heterocycles. The molecule has 0 saturated heterocycles. The molecule has 1 unspecified atom stereocenters. The van der Waals surface area contributed by atoms with E-state index in [1.807, 2.05) is 4.83 Å². The van der Waals surface area contributed by atoms with Crippen molar-refractivity contribution < 1.29 is 31.5 Å². The summed E-state index contributed by atoms with van der Waals surface area (Å²) in [6.07, 6.45) is -4.63. The van der Waals surface area contributed by atoms with Gasteiger partial charge in [0.15, 0.2) is 0 Å². The van der Waals surface area contributed by atoms with Crippen LogP contribution in [0.5, 0.6) is 0 Å². The molecule has 146 valence electrons. The van der Waals surface area contributed by atoms with Crippen LogP contribution in [0.15, 0.2) is 24.8 Å². The summed E-state index contributed by atoms with van der Waals surface area (Å²) in [5.41, 5.74) is -2.12. The van der Waals surface area contributed by atoms with E-state index >= 15 is 0 Å². The molecule has 1 atom stereocenters. The Kier molecular flexibility index (Phi) is 4.57. The highest BCUT2D eigenvalue weighted by Gasteiger charge is 2.39. The highest BCUT2D eigenvalue weighted by Crippen LogP contribution is 2.38. The van der Waals surface area contributed by atoms with E-state index in [1.54, 1.807) is 0 Å². The van der Waals surface area contributed by atoms with E-state index in [9.17, 15) is 31.5 Å².